The summed E-state index contributed by atoms with van der Waals surface area (Å²) in [5, 5.41) is 20.9. The largest absolute Gasteiger partial charge is 0.481 e. The van der Waals surface area contributed by atoms with Gasteiger partial charge in [0.05, 0.1) is 47.4 Å². The molecule has 2 aliphatic rings. The van der Waals surface area contributed by atoms with Crippen LogP contribution in [0, 0.1) is 11.7 Å². The van der Waals surface area contributed by atoms with Crippen molar-refractivity contribution in [3.63, 3.8) is 0 Å². The van der Waals surface area contributed by atoms with Crippen LogP contribution in [0.4, 0.5) is 10.1 Å². The van der Waals surface area contributed by atoms with Crippen LogP contribution >= 0.6 is 22.9 Å². The topological polar surface area (TPSA) is 120 Å². The number of ether oxygens (including phenoxy) is 1. The van der Waals surface area contributed by atoms with E-state index in [1.54, 1.807) is 29.7 Å². The number of halogens is 2. The van der Waals surface area contributed by atoms with E-state index in [-0.39, 0.29) is 52.7 Å². The molecule has 0 bridgehead atoms. The van der Waals surface area contributed by atoms with Crippen LogP contribution in [0.3, 0.4) is 0 Å². The first-order valence-electron chi connectivity index (χ1n) is 14.7. The van der Waals surface area contributed by atoms with Gasteiger partial charge in [-0.15, -0.1) is 11.3 Å². The monoisotopic (exact) mass is 642 g/mol. The summed E-state index contributed by atoms with van der Waals surface area (Å²) in [6.07, 6.45) is 6.43. The van der Waals surface area contributed by atoms with E-state index in [2.05, 4.69) is 16.0 Å². The lowest BCUT2D eigenvalue weighted by Gasteiger charge is -2.30. The lowest BCUT2D eigenvalue weighted by Crippen LogP contribution is -2.41. The minimum Gasteiger partial charge on any atom is -0.481 e. The molecule has 1 aromatic heterocycles. The standard InChI is InChI=1S/C32H36ClFN4O5S/c1-35-10-11-36-21-14-22(17-43-23-8-6-19(7-9-23)32(41)42)38(16-21)30(39)13-20-12-26(33)28(15-27(20)34)37-31(40)25-18-44-29-5-3-2-4-24(25)29/h2-5,10-12,15,18-19,21-23,35-36H,6-9,13-14,16-17H2,1H3,(H,37,40)(H,41,42)/b11-10-/t19-,21-,22-,23-/m0/s1. The van der Waals surface area contributed by atoms with Gasteiger partial charge < -0.3 is 30.7 Å². The molecule has 5 rings (SSSR count). The third kappa shape index (κ3) is 7.51. The first-order valence-corrected chi connectivity index (χ1v) is 16.0. The third-order valence-corrected chi connectivity index (χ3v) is 9.59. The SMILES string of the molecule is CN/C=C\N[C@H]1C[C@@H](CO[C@H]2CC[C@H](C(=O)O)CC2)N(C(=O)Cc2cc(Cl)c(NC(=O)c3csc4ccccc34)cc2F)C1. The van der Waals surface area contributed by atoms with Crippen molar-refractivity contribution in [2.24, 2.45) is 5.92 Å². The van der Waals surface area contributed by atoms with Crippen molar-refractivity contribution in [3.8, 4) is 0 Å². The molecular weight excluding hydrogens is 607 g/mol. The number of carboxylic acid groups (broad SMARTS) is 1. The van der Waals surface area contributed by atoms with Gasteiger partial charge >= 0.3 is 5.97 Å². The molecule has 4 N–H and O–H groups in total. The molecule has 0 radical (unpaired) electrons. The number of carbonyl (C=O) groups is 3. The summed E-state index contributed by atoms with van der Waals surface area (Å²) in [5.41, 5.74) is 0.745. The van der Waals surface area contributed by atoms with Gasteiger partial charge in [0.15, 0.2) is 0 Å². The molecule has 3 aromatic rings. The number of hydrogen-bond acceptors (Lipinski definition) is 7. The average Bonchev–Trinajstić information content (AvgIpc) is 3.63. The first kappa shape index (κ1) is 31.7. The number of carboxylic acids is 1. The normalized spacial score (nSPS) is 21.9. The Bertz CT molecular complexity index is 1540. The summed E-state index contributed by atoms with van der Waals surface area (Å²) in [6.45, 7) is 0.734. The van der Waals surface area contributed by atoms with E-state index >= 15 is 4.39 Å². The molecule has 0 spiro atoms. The highest BCUT2D eigenvalue weighted by molar-refractivity contribution is 7.17. The number of aliphatic carboxylic acids is 1. The Kier molecular flexibility index (Phi) is 10.4. The summed E-state index contributed by atoms with van der Waals surface area (Å²) in [5.74, 6) is -2.38. The fraction of sp³-hybridized carbons (Fsp3) is 0.406. The van der Waals surface area contributed by atoms with Gasteiger partial charge in [-0.1, -0.05) is 29.8 Å². The highest BCUT2D eigenvalue weighted by atomic mass is 35.5. The van der Waals surface area contributed by atoms with Gasteiger partial charge in [-0.3, -0.25) is 14.4 Å². The van der Waals surface area contributed by atoms with E-state index < -0.39 is 17.7 Å². The summed E-state index contributed by atoms with van der Waals surface area (Å²) in [4.78, 5) is 39.5. The minimum atomic E-state index is -0.765. The molecule has 2 atom stereocenters. The van der Waals surface area contributed by atoms with Crippen LogP contribution in [-0.2, 0) is 20.7 Å². The minimum absolute atomic E-state index is 0.0147. The Morgan fingerprint density at radius 2 is 1.93 bits per heavy atom. The molecule has 1 saturated carbocycles. The second-order valence-corrected chi connectivity index (χ2v) is 12.6. The van der Waals surface area contributed by atoms with Gasteiger partial charge in [0.1, 0.15) is 5.82 Å². The van der Waals surface area contributed by atoms with Crippen molar-refractivity contribution in [2.75, 3.05) is 25.5 Å². The molecule has 1 aliphatic carbocycles. The number of fused-ring (bicyclic) bond motifs is 1. The highest BCUT2D eigenvalue weighted by Crippen LogP contribution is 2.31. The zero-order valence-corrected chi connectivity index (χ0v) is 25.9. The van der Waals surface area contributed by atoms with Gasteiger partial charge in [-0.2, -0.15) is 0 Å². The maximum atomic E-state index is 15.3. The average molecular weight is 643 g/mol. The van der Waals surface area contributed by atoms with Crippen LogP contribution in [0.15, 0.2) is 54.2 Å². The molecular formula is C32H36ClFN4O5S. The zero-order valence-electron chi connectivity index (χ0n) is 24.4. The van der Waals surface area contributed by atoms with Crippen molar-refractivity contribution in [3.05, 3.63) is 76.1 Å². The molecule has 0 unspecified atom stereocenters. The first-order chi connectivity index (χ1) is 21.2. The fourth-order valence-electron chi connectivity index (χ4n) is 5.92. The quantitative estimate of drug-likeness (QED) is 0.221. The number of likely N-dealkylation sites (tertiary alicyclic amines) is 1. The van der Waals surface area contributed by atoms with Crippen molar-refractivity contribution >= 4 is 56.5 Å². The van der Waals surface area contributed by atoms with Crippen LogP contribution in [0.25, 0.3) is 10.1 Å². The Morgan fingerprint density at radius 1 is 1.16 bits per heavy atom. The smallest absolute Gasteiger partial charge is 0.306 e. The van der Waals surface area contributed by atoms with E-state index in [1.807, 2.05) is 24.3 Å². The number of anilines is 1. The second-order valence-electron chi connectivity index (χ2n) is 11.3. The van der Waals surface area contributed by atoms with Crippen molar-refractivity contribution in [1.29, 1.82) is 0 Å². The number of nitrogens with zero attached hydrogens (tertiary/aromatic N) is 1. The zero-order chi connectivity index (χ0) is 31.2. The molecule has 9 nitrogen and oxygen atoms in total. The Balaban J connectivity index is 1.24. The summed E-state index contributed by atoms with van der Waals surface area (Å²) >= 11 is 7.92. The van der Waals surface area contributed by atoms with Crippen molar-refractivity contribution < 1.29 is 28.6 Å². The number of benzene rings is 2. The summed E-state index contributed by atoms with van der Waals surface area (Å²) in [6, 6.07) is 9.84. The van der Waals surface area contributed by atoms with Gasteiger partial charge in [-0.25, -0.2) is 4.39 Å². The van der Waals surface area contributed by atoms with Crippen molar-refractivity contribution in [1.82, 2.24) is 15.5 Å². The van der Waals surface area contributed by atoms with Crippen molar-refractivity contribution in [2.45, 2.75) is 56.7 Å². The molecule has 2 aromatic carbocycles. The molecule has 2 amide bonds. The fourth-order valence-corrected chi connectivity index (χ4v) is 7.09. The second kappa shape index (κ2) is 14.4. The van der Waals surface area contributed by atoms with E-state index in [0.717, 1.165) is 16.2 Å². The summed E-state index contributed by atoms with van der Waals surface area (Å²) in [7, 11) is 1.79. The molecule has 1 aliphatic heterocycles. The predicted octanol–water partition coefficient (Wildman–Crippen LogP) is 5.40. The number of hydrogen-bond donors (Lipinski definition) is 4. The Morgan fingerprint density at radius 3 is 2.68 bits per heavy atom. The van der Waals surface area contributed by atoms with E-state index in [0.29, 0.717) is 50.8 Å². The predicted molar refractivity (Wildman–Crippen MR) is 169 cm³/mol. The van der Waals surface area contributed by atoms with Gasteiger partial charge in [0.2, 0.25) is 5.91 Å². The lowest BCUT2D eigenvalue weighted by molar-refractivity contribution is -0.144. The maximum Gasteiger partial charge on any atom is 0.306 e. The number of rotatable bonds is 11. The molecule has 234 valence electrons. The highest BCUT2D eigenvalue weighted by Gasteiger charge is 2.36. The van der Waals surface area contributed by atoms with Gasteiger partial charge in [0.25, 0.3) is 5.91 Å². The van der Waals surface area contributed by atoms with Crippen LogP contribution < -0.4 is 16.0 Å². The van der Waals surface area contributed by atoms with E-state index in [4.69, 9.17) is 16.3 Å². The third-order valence-electron chi connectivity index (χ3n) is 8.32. The Hall–Kier alpha value is -3.67. The van der Waals surface area contributed by atoms with E-state index in [1.165, 1.54) is 17.4 Å². The molecule has 12 heteroatoms. The van der Waals surface area contributed by atoms with Gasteiger partial charge in [0, 0.05) is 47.5 Å². The van der Waals surface area contributed by atoms with Gasteiger partial charge in [-0.05, 0) is 55.9 Å². The number of thiophene rings is 1. The van der Waals surface area contributed by atoms with Crippen LogP contribution in [0.2, 0.25) is 5.02 Å². The Labute approximate surface area is 264 Å². The van der Waals surface area contributed by atoms with Crippen LogP contribution in [-0.4, -0.2) is 66.2 Å². The number of carbonyl (C=O) groups excluding carboxylic acids is 2. The summed E-state index contributed by atoms with van der Waals surface area (Å²) < 4.78 is 22.4. The molecule has 44 heavy (non-hydrogen) atoms. The van der Waals surface area contributed by atoms with Crippen LogP contribution in [0.5, 0.6) is 0 Å². The number of amides is 2. The van der Waals surface area contributed by atoms with Crippen LogP contribution in [0.1, 0.15) is 48.0 Å². The molecule has 2 fully saturated rings. The van der Waals surface area contributed by atoms with E-state index in [9.17, 15) is 19.5 Å². The lowest BCUT2D eigenvalue weighted by atomic mass is 9.87. The maximum absolute atomic E-state index is 15.3. The number of nitrogens with one attached hydrogen (secondary N) is 3. The molecule has 1 saturated heterocycles. The molecule has 2 heterocycles.